The Kier molecular flexibility index (Phi) is 4.18. The van der Waals surface area contributed by atoms with E-state index >= 15 is 0 Å². The summed E-state index contributed by atoms with van der Waals surface area (Å²) >= 11 is 1.74. The third-order valence-electron chi connectivity index (χ3n) is 6.56. The SMILES string of the molecule is C1=Cc2c(ccc3c(-c4ccc(-c5nc6ccccc6s5)cc4)c4ccccc4nc23)CC1. The number of allylic oxidation sites excluding steroid dienone is 1. The van der Waals surface area contributed by atoms with Gasteiger partial charge >= 0.3 is 0 Å². The molecule has 0 N–H and O–H groups in total. The molecule has 0 saturated carbocycles. The topological polar surface area (TPSA) is 25.8 Å². The lowest BCUT2D eigenvalue weighted by atomic mass is 9.90. The monoisotopic (exact) mass is 440 g/mol. The summed E-state index contributed by atoms with van der Waals surface area (Å²) in [4.78, 5) is 9.94. The Morgan fingerprint density at radius 2 is 1.45 bits per heavy atom. The number of pyridine rings is 1. The highest BCUT2D eigenvalue weighted by atomic mass is 32.1. The molecule has 0 aliphatic heterocycles. The Balaban J connectivity index is 1.44. The van der Waals surface area contributed by atoms with E-state index in [1.807, 2.05) is 6.07 Å². The van der Waals surface area contributed by atoms with Crippen molar-refractivity contribution in [2.75, 3.05) is 0 Å². The van der Waals surface area contributed by atoms with Gasteiger partial charge in [-0.3, -0.25) is 0 Å². The number of thiazole rings is 1. The molecule has 6 aromatic rings. The van der Waals surface area contributed by atoms with Gasteiger partial charge in [0.05, 0.1) is 21.3 Å². The lowest BCUT2D eigenvalue weighted by molar-refractivity contribution is 0.988. The minimum atomic E-state index is 1.04. The normalized spacial score (nSPS) is 13.1. The van der Waals surface area contributed by atoms with Crippen molar-refractivity contribution in [1.82, 2.24) is 9.97 Å². The zero-order valence-electron chi connectivity index (χ0n) is 18.0. The largest absolute Gasteiger partial charge is 0.247 e. The van der Waals surface area contributed by atoms with Crippen molar-refractivity contribution in [2.45, 2.75) is 12.8 Å². The highest BCUT2D eigenvalue weighted by Gasteiger charge is 2.16. The number of benzene rings is 4. The Morgan fingerprint density at radius 3 is 2.33 bits per heavy atom. The van der Waals surface area contributed by atoms with Gasteiger partial charge in [0, 0.05) is 27.5 Å². The van der Waals surface area contributed by atoms with Crippen LogP contribution >= 0.6 is 11.3 Å². The van der Waals surface area contributed by atoms with Crippen molar-refractivity contribution in [3.63, 3.8) is 0 Å². The third-order valence-corrected chi connectivity index (χ3v) is 7.65. The van der Waals surface area contributed by atoms with Crippen LogP contribution in [-0.4, -0.2) is 9.97 Å². The molecule has 4 aromatic carbocycles. The Bertz CT molecular complexity index is 1670. The maximum absolute atomic E-state index is 5.11. The van der Waals surface area contributed by atoms with Crippen LogP contribution in [0.15, 0.2) is 91.0 Å². The van der Waals surface area contributed by atoms with Gasteiger partial charge in [0.15, 0.2) is 0 Å². The van der Waals surface area contributed by atoms with Gasteiger partial charge in [0.1, 0.15) is 5.01 Å². The fourth-order valence-electron chi connectivity index (χ4n) is 4.95. The van der Waals surface area contributed by atoms with E-state index < -0.39 is 0 Å². The molecule has 0 saturated heterocycles. The van der Waals surface area contributed by atoms with E-state index in [1.54, 1.807) is 11.3 Å². The van der Waals surface area contributed by atoms with E-state index in [2.05, 4.69) is 91.0 Å². The Hall–Kier alpha value is -3.82. The molecule has 1 aliphatic carbocycles. The van der Waals surface area contributed by atoms with Crippen LogP contribution < -0.4 is 0 Å². The lowest BCUT2D eigenvalue weighted by Gasteiger charge is -2.17. The van der Waals surface area contributed by atoms with E-state index in [0.29, 0.717) is 0 Å². The molecule has 0 unspecified atom stereocenters. The van der Waals surface area contributed by atoms with Gasteiger partial charge < -0.3 is 0 Å². The van der Waals surface area contributed by atoms with Crippen LogP contribution in [0.3, 0.4) is 0 Å². The van der Waals surface area contributed by atoms with Crippen LogP contribution in [0.5, 0.6) is 0 Å². The minimum absolute atomic E-state index is 1.04. The minimum Gasteiger partial charge on any atom is -0.247 e. The third kappa shape index (κ3) is 3.00. The molecule has 0 bridgehead atoms. The quantitative estimate of drug-likeness (QED) is 0.253. The molecule has 2 aromatic heterocycles. The van der Waals surface area contributed by atoms with Crippen molar-refractivity contribution in [1.29, 1.82) is 0 Å². The number of hydrogen-bond acceptors (Lipinski definition) is 3. The summed E-state index contributed by atoms with van der Waals surface area (Å²) in [5.41, 5.74) is 9.50. The fraction of sp³-hybridized carbons (Fsp3) is 0.0667. The molecule has 0 radical (unpaired) electrons. The Morgan fingerprint density at radius 1 is 0.667 bits per heavy atom. The fourth-order valence-corrected chi connectivity index (χ4v) is 5.92. The van der Waals surface area contributed by atoms with E-state index in [0.717, 1.165) is 40.0 Å². The van der Waals surface area contributed by atoms with Crippen LogP contribution in [0.4, 0.5) is 0 Å². The van der Waals surface area contributed by atoms with Crippen LogP contribution in [0.2, 0.25) is 0 Å². The summed E-state index contributed by atoms with van der Waals surface area (Å²) in [5.74, 6) is 0. The van der Waals surface area contributed by atoms with Crippen molar-refractivity contribution < 1.29 is 0 Å². The summed E-state index contributed by atoms with van der Waals surface area (Å²) in [5, 5.41) is 3.47. The highest BCUT2D eigenvalue weighted by Crippen LogP contribution is 2.39. The van der Waals surface area contributed by atoms with Crippen LogP contribution in [0.25, 0.3) is 59.8 Å². The van der Waals surface area contributed by atoms with Gasteiger partial charge in [-0.2, -0.15) is 0 Å². The van der Waals surface area contributed by atoms with Crippen molar-refractivity contribution >= 4 is 49.4 Å². The van der Waals surface area contributed by atoms with E-state index in [9.17, 15) is 0 Å². The van der Waals surface area contributed by atoms with Gasteiger partial charge in [0.25, 0.3) is 0 Å². The lowest BCUT2D eigenvalue weighted by Crippen LogP contribution is -1.98. The highest BCUT2D eigenvalue weighted by molar-refractivity contribution is 7.21. The van der Waals surface area contributed by atoms with Gasteiger partial charge in [-0.1, -0.05) is 78.9 Å². The van der Waals surface area contributed by atoms with Gasteiger partial charge in [0.2, 0.25) is 0 Å². The zero-order chi connectivity index (χ0) is 21.8. The maximum Gasteiger partial charge on any atom is 0.124 e. The first-order valence-corrected chi connectivity index (χ1v) is 12.1. The molecule has 2 nitrogen and oxygen atoms in total. The van der Waals surface area contributed by atoms with Gasteiger partial charge in [-0.05, 0) is 42.2 Å². The molecular weight excluding hydrogens is 420 g/mol. The predicted octanol–water partition coefficient (Wildman–Crippen LogP) is 8.29. The summed E-state index contributed by atoms with van der Waals surface area (Å²) in [7, 11) is 0. The maximum atomic E-state index is 5.11. The molecule has 33 heavy (non-hydrogen) atoms. The number of fused-ring (bicyclic) bond motifs is 5. The zero-order valence-corrected chi connectivity index (χ0v) is 18.8. The standard InChI is InChI=1S/C30H20N2S/c1-2-8-22-19(7-1)17-18-24-28(23-9-3-4-10-25(23)31-29(22)24)20-13-15-21(16-14-20)30-32-26-11-5-6-12-27(26)33-30/h2-6,8-18H,1,7H2. The predicted molar refractivity (Wildman–Crippen MR) is 141 cm³/mol. The smallest absolute Gasteiger partial charge is 0.124 e. The van der Waals surface area contributed by atoms with Crippen molar-refractivity contribution in [3.05, 3.63) is 102 Å². The number of para-hydroxylation sites is 2. The number of hydrogen-bond donors (Lipinski definition) is 0. The number of aromatic nitrogens is 2. The Labute approximate surface area is 195 Å². The molecule has 0 amide bonds. The molecule has 3 heteroatoms. The molecule has 0 spiro atoms. The van der Waals surface area contributed by atoms with Crippen LogP contribution in [-0.2, 0) is 6.42 Å². The average Bonchev–Trinajstić information content (AvgIpc) is 3.32. The van der Waals surface area contributed by atoms with Crippen molar-refractivity contribution in [2.24, 2.45) is 0 Å². The number of nitrogens with zero attached hydrogens (tertiary/aromatic N) is 2. The molecule has 0 atom stereocenters. The molecule has 0 fully saturated rings. The molecule has 156 valence electrons. The van der Waals surface area contributed by atoms with Crippen LogP contribution in [0.1, 0.15) is 17.5 Å². The average molecular weight is 441 g/mol. The second-order valence-corrected chi connectivity index (χ2v) is 9.57. The van der Waals surface area contributed by atoms with Crippen LogP contribution in [0, 0.1) is 0 Å². The molecule has 7 rings (SSSR count). The summed E-state index contributed by atoms with van der Waals surface area (Å²) in [6, 6.07) is 30.2. The van der Waals surface area contributed by atoms with Gasteiger partial charge in [-0.25, -0.2) is 9.97 Å². The summed E-state index contributed by atoms with van der Waals surface area (Å²) < 4.78 is 1.22. The van der Waals surface area contributed by atoms with E-state index in [-0.39, 0.29) is 0 Å². The first-order chi connectivity index (χ1) is 16.3. The summed E-state index contributed by atoms with van der Waals surface area (Å²) in [6.07, 6.45) is 6.71. The molecule has 2 heterocycles. The second kappa shape index (κ2) is 7.36. The number of rotatable bonds is 2. The second-order valence-electron chi connectivity index (χ2n) is 8.54. The summed E-state index contributed by atoms with van der Waals surface area (Å²) in [6.45, 7) is 0. The van der Waals surface area contributed by atoms with E-state index in [4.69, 9.17) is 9.97 Å². The first kappa shape index (κ1) is 18.7. The first-order valence-electron chi connectivity index (χ1n) is 11.3. The molecule has 1 aliphatic rings. The molecular formula is C30H20N2S. The van der Waals surface area contributed by atoms with Crippen molar-refractivity contribution in [3.8, 4) is 21.7 Å². The van der Waals surface area contributed by atoms with E-state index in [1.165, 1.54) is 37.7 Å². The van der Waals surface area contributed by atoms with Gasteiger partial charge in [-0.15, -0.1) is 11.3 Å². The number of aryl methyl sites for hydroxylation is 1.